The molecule has 5 nitrogen and oxygen atoms in total. The zero-order valence-corrected chi connectivity index (χ0v) is 14.0. The molecule has 0 aliphatic carbocycles. The normalized spacial score (nSPS) is 22.7. The quantitative estimate of drug-likeness (QED) is 0.440. The molecular weight excluding hydrogens is 352 g/mol. The van der Waals surface area contributed by atoms with Gasteiger partial charge in [-0.3, -0.25) is 4.79 Å². The number of esters is 1. The van der Waals surface area contributed by atoms with Crippen LogP contribution < -0.4 is 10.4 Å². The molecule has 0 spiro atoms. The minimum atomic E-state index is -0.587. The van der Waals surface area contributed by atoms with Crippen LogP contribution in [0, 0.1) is 0 Å². The lowest BCUT2D eigenvalue weighted by atomic mass is 9.90. The van der Waals surface area contributed by atoms with E-state index in [-0.39, 0.29) is 10.8 Å². The van der Waals surface area contributed by atoms with Crippen molar-refractivity contribution < 1.29 is 18.7 Å². The highest BCUT2D eigenvalue weighted by atomic mass is 79.9. The van der Waals surface area contributed by atoms with Gasteiger partial charge in [0.05, 0.1) is 4.83 Å². The molecule has 0 N–H and O–H groups in total. The molecule has 0 unspecified atom stereocenters. The summed E-state index contributed by atoms with van der Waals surface area (Å²) in [4.78, 5) is 22.6. The molecule has 0 amide bonds. The lowest BCUT2D eigenvalue weighted by molar-refractivity contribution is -0.149. The van der Waals surface area contributed by atoms with Gasteiger partial charge in [0.2, 0.25) is 0 Å². The lowest BCUT2D eigenvalue weighted by Gasteiger charge is -2.41. The first kappa shape index (κ1) is 15.1. The fraction of sp³-hybridized carbons (Fsp3) is 0.375. The second-order valence-electron chi connectivity index (χ2n) is 5.82. The van der Waals surface area contributed by atoms with Gasteiger partial charge in [-0.2, -0.15) is 0 Å². The molecule has 22 heavy (non-hydrogen) atoms. The summed E-state index contributed by atoms with van der Waals surface area (Å²) in [6, 6.07) is 6.53. The van der Waals surface area contributed by atoms with Crippen LogP contribution in [0.4, 0.5) is 0 Å². The molecular formula is C16H15BrO5. The van der Waals surface area contributed by atoms with E-state index in [0.717, 1.165) is 10.9 Å². The van der Waals surface area contributed by atoms with E-state index in [4.69, 9.17) is 13.9 Å². The van der Waals surface area contributed by atoms with Crippen LogP contribution in [0.2, 0.25) is 0 Å². The molecule has 2 heterocycles. The molecule has 0 saturated carbocycles. The van der Waals surface area contributed by atoms with E-state index < -0.39 is 17.3 Å². The van der Waals surface area contributed by atoms with Crippen molar-refractivity contribution >= 4 is 32.9 Å². The molecule has 0 bridgehead atoms. The van der Waals surface area contributed by atoms with Crippen LogP contribution in [-0.2, 0) is 9.53 Å². The van der Waals surface area contributed by atoms with Crippen LogP contribution in [0.25, 0.3) is 11.0 Å². The summed E-state index contributed by atoms with van der Waals surface area (Å²) in [6.07, 6.45) is -0.479. The second kappa shape index (κ2) is 5.12. The van der Waals surface area contributed by atoms with Gasteiger partial charge in [-0.15, -0.1) is 0 Å². The number of ether oxygens (including phenoxy) is 2. The Morgan fingerprint density at radius 1 is 1.32 bits per heavy atom. The zero-order valence-electron chi connectivity index (χ0n) is 12.4. The Morgan fingerprint density at radius 2 is 2.05 bits per heavy atom. The number of hydrogen-bond acceptors (Lipinski definition) is 5. The summed E-state index contributed by atoms with van der Waals surface area (Å²) in [5, 5.41) is 0.749. The molecule has 116 valence electrons. The monoisotopic (exact) mass is 366 g/mol. The van der Waals surface area contributed by atoms with E-state index in [1.807, 2.05) is 19.9 Å². The first-order valence-electron chi connectivity index (χ1n) is 6.86. The average molecular weight is 367 g/mol. The number of halogens is 1. The van der Waals surface area contributed by atoms with Crippen LogP contribution in [0.1, 0.15) is 32.4 Å². The maximum Gasteiger partial charge on any atom is 0.336 e. The van der Waals surface area contributed by atoms with Crippen molar-refractivity contribution in [1.29, 1.82) is 0 Å². The van der Waals surface area contributed by atoms with Gasteiger partial charge in [0, 0.05) is 30.0 Å². The second-order valence-corrected chi connectivity index (χ2v) is 6.81. The number of fused-ring (bicyclic) bond motifs is 2. The van der Waals surface area contributed by atoms with E-state index in [1.54, 1.807) is 12.1 Å². The molecule has 1 aliphatic heterocycles. The third-order valence-corrected chi connectivity index (χ3v) is 5.24. The Kier molecular flexibility index (Phi) is 3.51. The SMILES string of the molecule is CC(=O)O[C@@H]1c2cc3ccc(=O)oc3cc2OC(C)(C)[C@H]1Br. The van der Waals surface area contributed by atoms with Crippen LogP contribution in [0.3, 0.4) is 0 Å². The minimum Gasteiger partial charge on any atom is -0.486 e. The molecule has 1 aliphatic rings. The molecule has 2 atom stereocenters. The fourth-order valence-corrected chi connectivity index (χ4v) is 3.08. The number of benzene rings is 1. The van der Waals surface area contributed by atoms with Crippen LogP contribution >= 0.6 is 15.9 Å². The van der Waals surface area contributed by atoms with Gasteiger partial charge in [-0.05, 0) is 26.0 Å². The molecule has 0 saturated heterocycles. The minimum absolute atomic E-state index is 0.204. The number of hydrogen-bond donors (Lipinski definition) is 0. The standard InChI is InChI=1S/C16H15BrO5/c1-8(18)20-14-10-6-9-4-5-13(19)21-11(9)7-12(10)22-16(2,3)15(14)17/h4-7,14-15H,1-3H3/t14-,15+/m1/s1. The van der Waals surface area contributed by atoms with Crippen molar-refractivity contribution in [3.63, 3.8) is 0 Å². The Hall–Kier alpha value is -1.82. The van der Waals surface area contributed by atoms with Crippen molar-refractivity contribution in [3.8, 4) is 5.75 Å². The van der Waals surface area contributed by atoms with Gasteiger partial charge in [-0.25, -0.2) is 4.79 Å². The van der Waals surface area contributed by atoms with Crippen LogP contribution in [0.5, 0.6) is 5.75 Å². The number of alkyl halides is 1. The highest BCUT2D eigenvalue weighted by Gasteiger charge is 2.44. The number of carbonyl (C=O) groups excluding carboxylic acids is 1. The van der Waals surface area contributed by atoms with E-state index in [2.05, 4.69) is 15.9 Å². The summed E-state index contributed by atoms with van der Waals surface area (Å²) in [5.41, 5.74) is 0.183. The van der Waals surface area contributed by atoms with Gasteiger partial charge in [0.25, 0.3) is 0 Å². The zero-order chi connectivity index (χ0) is 16.1. The Morgan fingerprint density at radius 3 is 2.73 bits per heavy atom. The summed E-state index contributed by atoms with van der Waals surface area (Å²) in [6.45, 7) is 5.18. The fourth-order valence-electron chi connectivity index (χ4n) is 2.59. The maximum absolute atomic E-state index is 11.4. The summed E-state index contributed by atoms with van der Waals surface area (Å²) >= 11 is 3.57. The van der Waals surface area contributed by atoms with Gasteiger partial charge < -0.3 is 13.9 Å². The molecule has 2 aromatic rings. The molecule has 0 radical (unpaired) electrons. The predicted molar refractivity (Wildman–Crippen MR) is 84.4 cm³/mol. The first-order chi connectivity index (χ1) is 10.3. The Balaban J connectivity index is 2.21. The van der Waals surface area contributed by atoms with E-state index >= 15 is 0 Å². The van der Waals surface area contributed by atoms with Crippen molar-refractivity contribution in [2.24, 2.45) is 0 Å². The van der Waals surface area contributed by atoms with Gasteiger partial charge in [0.15, 0.2) is 0 Å². The number of carbonyl (C=O) groups is 1. The smallest absolute Gasteiger partial charge is 0.336 e. The van der Waals surface area contributed by atoms with Crippen LogP contribution in [0.15, 0.2) is 33.5 Å². The molecule has 6 heteroatoms. The van der Waals surface area contributed by atoms with Crippen molar-refractivity contribution in [1.82, 2.24) is 0 Å². The lowest BCUT2D eigenvalue weighted by Crippen LogP contribution is -2.46. The third-order valence-electron chi connectivity index (χ3n) is 3.65. The third kappa shape index (κ3) is 2.52. The Bertz CT molecular complexity index is 808. The maximum atomic E-state index is 11.4. The highest BCUT2D eigenvalue weighted by molar-refractivity contribution is 9.09. The molecule has 1 aromatic carbocycles. The summed E-state index contributed by atoms with van der Waals surface area (Å²) in [5.74, 6) is 0.187. The summed E-state index contributed by atoms with van der Waals surface area (Å²) < 4.78 is 16.7. The van der Waals surface area contributed by atoms with Crippen molar-refractivity contribution in [2.75, 3.05) is 0 Å². The largest absolute Gasteiger partial charge is 0.486 e. The topological polar surface area (TPSA) is 65.7 Å². The molecule has 3 rings (SSSR count). The highest BCUT2D eigenvalue weighted by Crippen LogP contribution is 2.46. The van der Waals surface area contributed by atoms with E-state index in [9.17, 15) is 9.59 Å². The predicted octanol–water partition coefficient (Wildman–Crippen LogP) is 3.33. The average Bonchev–Trinajstić information content (AvgIpc) is 2.41. The first-order valence-corrected chi connectivity index (χ1v) is 7.77. The summed E-state index contributed by atoms with van der Waals surface area (Å²) in [7, 11) is 0. The Labute approximate surface area is 135 Å². The van der Waals surface area contributed by atoms with Crippen LogP contribution in [-0.4, -0.2) is 16.4 Å². The van der Waals surface area contributed by atoms with Crippen molar-refractivity contribution in [3.05, 3.63) is 40.2 Å². The molecule has 1 aromatic heterocycles. The van der Waals surface area contributed by atoms with E-state index in [0.29, 0.717) is 11.3 Å². The van der Waals surface area contributed by atoms with Gasteiger partial charge >= 0.3 is 11.6 Å². The number of rotatable bonds is 1. The van der Waals surface area contributed by atoms with Gasteiger partial charge in [-0.1, -0.05) is 15.9 Å². The van der Waals surface area contributed by atoms with Crippen molar-refractivity contribution in [2.45, 2.75) is 37.3 Å². The molecule has 0 fully saturated rings. The van der Waals surface area contributed by atoms with E-state index in [1.165, 1.54) is 13.0 Å². The van der Waals surface area contributed by atoms with Gasteiger partial charge in [0.1, 0.15) is 23.0 Å².